The van der Waals surface area contributed by atoms with Gasteiger partial charge in [-0.05, 0) is 73.2 Å². The van der Waals surface area contributed by atoms with Gasteiger partial charge in [-0.15, -0.1) is 0 Å². The average molecular weight is 469 g/mol. The first-order valence-corrected chi connectivity index (χ1v) is 11.6. The third-order valence-electron chi connectivity index (χ3n) is 5.28. The fourth-order valence-electron chi connectivity index (χ4n) is 3.50. The monoisotopic (exact) mass is 468 g/mol. The SMILES string of the molecule is COc1ccc(NC(=O)[C@H]2CN(S(=O)(=O)c3ccc(OC)cc3)c3ccc(C)cc3O2)cc1. The lowest BCUT2D eigenvalue weighted by molar-refractivity contribution is -0.122. The second-order valence-electron chi connectivity index (χ2n) is 7.51. The van der Waals surface area contributed by atoms with Crippen LogP contribution >= 0.6 is 0 Å². The number of nitrogens with zero attached hydrogens (tertiary/aromatic N) is 1. The fraction of sp³-hybridized carbons (Fsp3) is 0.208. The van der Waals surface area contributed by atoms with Crippen LogP contribution in [0.15, 0.2) is 71.6 Å². The molecular formula is C24H24N2O6S. The molecule has 172 valence electrons. The Morgan fingerprint density at radius 3 is 2.18 bits per heavy atom. The van der Waals surface area contributed by atoms with Gasteiger partial charge in [-0.2, -0.15) is 0 Å². The van der Waals surface area contributed by atoms with Crippen molar-refractivity contribution in [3.8, 4) is 17.2 Å². The minimum absolute atomic E-state index is 0.0889. The van der Waals surface area contributed by atoms with Crippen molar-refractivity contribution in [3.05, 3.63) is 72.3 Å². The molecule has 0 radical (unpaired) electrons. The molecule has 0 fully saturated rings. The van der Waals surface area contributed by atoms with Crippen molar-refractivity contribution in [2.45, 2.75) is 17.9 Å². The van der Waals surface area contributed by atoms with E-state index in [1.54, 1.807) is 61.7 Å². The lowest BCUT2D eigenvalue weighted by Gasteiger charge is -2.35. The first-order chi connectivity index (χ1) is 15.8. The molecule has 33 heavy (non-hydrogen) atoms. The van der Waals surface area contributed by atoms with Crippen molar-refractivity contribution in [1.29, 1.82) is 0 Å². The lowest BCUT2D eigenvalue weighted by atomic mass is 10.1. The van der Waals surface area contributed by atoms with Gasteiger partial charge in [-0.1, -0.05) is 6.07 Å². The fourth-order valence-corrected chi connectivity index (χ4v) is 4.97. The summed E-state index contributed by atoms with van der Waals surface area (Å²) in [5.41, 5.74) is 1.81. The van der Waals surface area contributed by atoms with Gasteiger partial charge in [-0.3, -0.25) is 9.10 Å². The number of anilines is 2. The molecule has 1 N–H and O–H groups in total. The van der Waals surface area contributed by atoms with Gasteiger partial charge in [0.25, 0.3) is 15.9 Å². The number of aryl methyl sites for hydroxylation is 1. The Bertz CT molecular complexity index is 1260. The van der Waals surface area contributed by atoms with Gasteiger partial charge >= 0.3 is 0 Å². The van der Waals surface area contributed by atoms with Gasteiger partial charge in [0.15, 0.2) is 6.10 Å². The number of fused-ring (bicyclic) bond motifs is 1. The Morgan fingerprint density at radius 1 is 0.970 bits per heavy atom. The molecule has 1 aliphatic rings. The van der Waals surface area contributed by atoms with Crippen molar-refractivity contribution in [1.82, 2.24) is 0 Å². The first-order valence-electron chi connectivity index (χ1n) is 10.2. The number of sulfonamides is 1. The zero-order valence-electron chi connectivity index (χ0n) is 18.4. The number of carbonyl (C=O) groups is 1. The zero-order valence-corrected chi connectivity index (χ0v) is 19.3. The third kappa shape index (κ3) is 4.58. The van der Waals surface area contributed by atoms with Crippen LogP contribution in [0.3, 0.4) is 0 Å². The average Bonchev–Trinajstić information content (AvgIpc) is 2.83. The molecule has 0 saturated heterocycles. The molecule has 9 heteroatoms. The quantitative estimate of drug-likeness (QED) is 0.594. The molecule has 0 spiro atoms. The molecule has 0 aromatic heterocycles. The normalized spacial score (nSPS) is 15.2. The Labute approximate surface area is 192 Å². The number of hydrogen-bond acceptors (Lipinski definition) is 6. The standard InChI is InChI=1S/C24H24N2O6S/c1-16-4-13-21-22(14-16)32-23(24(27)25-17-5-7-18(30-2)8-6-17)15-26(21)33(28,29)20-11-9-19(31-3)10-12-20/h4-14,23H,15H2,1-3H3,(H,25,27)/t23-/m1/s1. The molecule has 1 atom stereocenters. The molecule has 0 aliphatic carbocycles. The van der Waals surface area contributed by atoms with E-state index in [0.29, 0.717) is 28.6 Å². The lowest BCUT2D eigenvalue weighted by Crippen LogP contribution is -2.48. The van der Waals surface area contributed by atoms with Crippen LogP contribution in [0.25, 0.3) is 0 Å². The molecule has 3 aromatic rings. The third-order valence-corrected chi connectivity index (χ3v) is 7.08. The van der Waals surface area contributed by atoms with Gasteiger partial charge in [-0.25, -0.2) is 8.42 Å². The van der Waals surface area contributed by atoms with E-state index in [2.05, 4.69) is 5.32 Å². The molecule has 1 heterocycles. The van der Waals surface area contributed by atoms with Crippen LogP contribution in [0.5, 0.6) is 17.2 Å². The highest BCUT2D eigenvalue weighted by Crippen LogP contribution is 2.38. The minimum Gasteiger partial charge on any atom is -0.497 e. The van der Waals surface area contributed by atoms with Crippen LogP contribution < -0.4 is 23.8 Å². The topological polar surface area (TPSA) is 94.2 Å². The largest absolute Gasteiger partial charge is 0.497 e. The Kier molecular flexibility index (Phi) is 6.15. The highest BCUT2D eigenvalue weighted by Gasteiger charge is 2.37. The summed E-state index contributed by atoms with van der Waals surface area (Å²) in [6.07, 6.45) is -1.05. The van der Waals surface area contributed by atoms with Crippen molar-refractivity contribution in [2.75, 3.05) is 30.4 Å². The Hall–Kier alpha value is -3.72. The van der Waals surface area contributed by atoms with E-state index in [4.69, 9.17) is 14.2 Å². The molecule has 0 bridgehead atoms. The summed E-state index contributed by atoms with van der Waals surface area (Å²) in [7, 11) is -0.894. The number of methoxy groups -OCH3 is 2. The number of hydrogen-bond donors (Lipinski definition) is 1. The number of rotatable bonds is 6. The number of ether oxygens (including phenoxy) is 3. The first kappa shape index (κ1) is 22.5. The maximum atomic E-state index is 13.5. The van der Waals surface area contributed by atoms with Gasteiger partial charge in [0.05, 0.1) is 31.3 Å². The molecule has 3 aromatic carbocycles. The van der Waals surface area contributed by atoms with E-state index < -0.39 is 22.0 Å². The molecule has 0 saturated carbocycles. The summed E-state index contributed by atoms with van der Waals surface area (Å²) >= 11 is 0. The van der Waals surface area contributed by atoms with Gasteiger partial charge in [0.2, 0.25) is 0 Å². The Balaban J connectivity index is 1.65. The summed E-state index contributed by atoms with van der Waals surface area (Å²) in [6.45, 7) is 1.69. The van der Waals surface area contributed by atoms with Crippen LogP contribution in [0.1, 0.15) is 5.56 Å². The number of carbonyl (C=O) groups excluding carboxylic acids is 1. The van der Waals surface area contributed by atoms with Crippen LogP contribution in [0.4, 0.5) is 11.4 Å². The van der Waals surface area contributed by atoms with E-state index in [1.165, 1.54) is 23.5 Å². The van der Waals surface area contributed by atoms with Crippen LogP contribution in [-0.4, -0.2) is 41.2 Å². The number of amides is 1. The number of nitrogens with one attached hydrogen (secondary N) is 1. The van der Waals surface area contributed by atoms with Crippen molar-refractivity contribution < 1.29 is 27.4 Å². The van der Waals surface area contributed by atoms with Gasteiger partial charge in [0.1, 0.15) is 17.2 Å². The van der Waals surface area contributed by atoms with E-state index in [-0.39, 0.29) is 11.4 Å². The van der Waals surface area contributed by atoms with E-state index in [0.717, 1.165) is 5.56 Å². The van der Waals surface area contributed by atoms with Crippen molar-refractivity contribution in [2.24, 2.45) is 0 Å². The Morgan fingerprint density at radius 2 is 1.58 bits per heavy atom. The van der Waals surface area contributed by atoms with Gasteiger partial charge < -0.3 is 19.5 Å². The predicted octanol–water partition coefficient (Wildman–Crippen LogP) is 3.61. The highest BCUT2D eigenvalue weighted by atomic mass is 32.2. The van der Waals surface area contributed by atoms with Gasteiger partial charge in [0, 0.05) is 5.69 Å². The van der Waals surface area contributed by atoms with E-state index in [1.807, 2.05) is 6.92 Å². The predicted molar refractivity (Wildman–Crippen MR) is 125 cm³/mol. The summed E-state index contributed by atoms with van der Waals surface area (Å²) in [4.78, 5) is 13.1. The minimum atomic E-state index is -3.96. The summed E-state index contributed by atoms with van der Waals surface area (Å²) in [5, 5.41) is 2.78. The zero-order chi connectivity index (χ0) is 23.6. The summed E-state index contributed by atoms with van der Waals surface area (Å²) < 4.78 is 44.4. The van der Waals surface area contributed by atoms with E-state index >= 15 is 0 Å². The second kappa shape index (κ2) is 9.03. The maximum absolute atomic E-state index is 13.5. The molecule has 1 aliphatic heterocycles. The maximum Gasteiger partial charge on any atom is 0.267 e. The van der Waals surface area contributed by atoms with Crippen LogP contribution in [0, 0.1) is 6.92 Å². The smallest absolute Gasteiger partial charge is 0.267 e. The summed E-state index contributed by atoms with van der Waals surface area (Å²) in [6, 6.07) is 18.2. The molecule has 4 rings (SSSR count). The highest BCUT2D eigenvalue weighted by molar-refractivity contribution is 7.92. The van der Waals surface area contributed by atoms with Crippen molar-refractivity contribution in [3.63, 3.8) is 0 Å². The second-order valence-corrected chi connectivity index (χ2v) is 9.37. The summed E-state index contributed by atoms with van der Waals surface area (Å²) in [5.74, 6) is 1.07. The van der Waals surface area contributed by atoms with Crippen LogP contribution in [-0.2, 0) is 14.8 Å². The molecule has 1 amide bonds. The molecular weight excluding hydrogens is 444 g/mol. The van der Waals surface area contributed by atoms with Crippen molar-refractivity contribution >= 4 is 27.3 Å². The molecule has 8 nitrogen and oxygen atoms in total. The van der Waals surface area contributed by atoms with E-state index in [9.17, 15) is 13.2 Å². The molecule has 0 unspecified atom stereocenters. The van der Waals surface area contributed by atoms with Crippen LogP contribution in [0.2, 0.25) is 0 Å². The number of benzene rings is 3.